The molecule has 114 valence electrons. The van der Waals surface area contributed by atoms with Gasteiger partial charge in [0.1, 0.15) is 11.5 Å². The Kier molecular flexibility index (Phi) is 4.39. The van der Waals surface area contributed by atoms with E-state index in [1.54, 1.807) is 29.7 Å². The maximum absolute atomic E-state index is 11.2. The fourth-order valence-electron chi connectivity index (χ4n) is 2.94. The van der Waals surface area contributed by atoms with Crippen LogP contribution in [0.4, 0.5) is 0 Å². The normalized spacial score (nSPS) is 14.8. The second-order valence-corrected chi connectivity index (χ2v) is 5.62. The Hall–Kier alpha value is -2.33. The average molecular weight is 297 g/mol. The fraction of sp³-hybridized carbons (Fsp3) is 0.278. The number of carbonyl (C=O) groups is 1. The van der Waals surface area contributed by atoms with Gasteiger partial charge >= 0.3 is 0 Å². The number of hydrogen-bond acceptors (Lipinski definition) is 3. The van der Waals surface area contributed by atoms with E-state index in [0.717, 1.165) is 5.75 Å². The number of benzene rings is 2. The molecule has 4 heteroatoms. The Labute approximate surface area is 129 Å². The van der Waals surface area contributed by atoms with Gasteiger partial charge in [-0.25, -0.2) is 5.48 Å². The molecule has 4 nitrogen and oxygen atoms in total. The minimum atomic E-state index is -0.535. The summed E-state index contributed by atoms with van der Waals surface area (Å²) in [6.07, 6.45) is 5.23. The molecule has 1 aliphatic rings. The van der Waals surface area contributed by atoms with Crippen molar-refractivity contribution in [3.05, 3.63) is 59.7 Å². The SMILES string of the molecule is O=C(NO)c1ccc(Oc2ccc(C3CCCC3)cc2)cc1. The lowest BCUT2D eigenvalue weighted by Crippen LogP contribution is -2.18. The molecule has 0 aromatic heterocycles. The van der Waals surface area contributed by atoms with Gasteiger partial charge in [0.25, 0.3) is 5.91 Å². The van der Waals surface area contributed by atoms with Crippen molar-refractivity contribution in [1.82, 2.24) is 5.48 Å². The third-order valence-electron chi connectivity index (χ3n) is 4.16. The number of rotatable bonds is 4. The monoisotopic (exact) mass is 297 g/mol. The minimum Gasteiger partial charge on any atom is -0.457 e. The van der Waals surface area contributed by atoms with E-state index in [0.29, 0.717) is 17.2 Å². The van der Waals surface area contributed by atoms with E-state index in [9.17, 15) is 4.79 Å². The van der Waals surface area contributed by atoms with Gasteiger partial charge < -0.3 is 4.74 Å². The predicted octanol–water partition coefficient (Wildman–Crippen LogP) is 4.26. The first-order valence-corrected chi connectivity index (χ1v) is 7.58. The van der Waals surface area contributed by atoms with Gasteiger partial charge in [-0.05, 0) is 60.7 Å². The number of carbonyl (C=O) groups excluding carboxylic acids is 1. The van der Waals surface area contributed by atoms with Crippen LogP contribution in [0.5, 0.6) is 11.5 Å². The molecule has 1 aliphatic carbocycles. The second-order valence-electron chi connectivity index (χ2n) is 5.62. The van der Waals surface area contributed by atoms with Crippen molar-refractivity contribution in [2.75, 3.05) is 0 Å². The molecular weight excluding hydrogens is 278 g/mol. The summed E-state index contributed by atoms with van der Waals surface area (Å²) in [5.41, 5.74) is 3.37. The highest BCUT2D eigenvalue weighted by Crippen LogP contribution is 2.35. The molecule has 0 unspecified atom stereocenters. The lowest BCUT2D eigenvalue weighted by molar-refractivity contribution is 0.0706. The summed E-state index contributed by atoms with van der Waals surface area (Å²) < 4.78 is 5.77. The largest absolute Gasteiger partial charge is 0.457 e. The van der Waals surface area contributed by atoms with Crippen LogP contribution >= 0.6 is 0 Å². The Morgan fingerprint density at radius 3 is 2.05 bits per heavy atom. The first kappa shape index (κ1) is 14.6. The molecule has 2 aromatic rings. The van der Waals surface area contributed by atoms with Gasteiger partial charge in [-0.1, -0.05) is 25.0 Å². The molecule has 1 amide bonds. The zero-order valence-electron chi connectivity index (χ0n) is 12.3. The number of ether oxygens (including phenoxy) is 1. The van der Waals surface area contributed by atoms with Crippen molar-refractivity contribution < 1.29 is 14.7 Å². The van der Waals surface area contributed by atoms with E-state index in [1.807, 2.05) is 12.1 Å². The molecule has 1 saturated carbocycles. The zero-order valence-corrected chi connectivity index (χ0v) is 12.3. The molecule has 2 aromatic carbocycles. The third-order valence-corrected chi connectivity index (χ3v) is 4.16. The molecule has 0 saturated heterocycles. The number of amides is 1. The van der Waals surface area contributed by atoms with E-state index in [4.69, 9.17) is 9.94 Å². The summed E-state index contributed by atoms with van der Waals surface area (Å²) >= 11 is 0. The van der Waals surface area contributed by atoms with Crippen molar-refractivity contribution >= 4 is 5.91 Å². The van der Waals surface area contributed by atoms with Crippen LogP contribution in [0.3, 0.4) is 0 Å². The smallest absolute Gasteiger partial charge is 0.274 e. The fourth-order valence-corrected chi connectivity index (χ4v) is 2.94. The van der Waals surface area contributed by atoms with Crippen LogP contribution in [0.25, 0.3) is 0 Å². The Morgan fingerprint density at radius 1 is 0.955 bits per heavy atom. The average Bonchev–Trinajstić information content (AvgIpc) is 3.10. The van der Waals surface area contributed by atoms with Gasteiger partial charge in [-0.2, -0.15) is 0 Å². The van der Waals surface area contributed by atoms with Crippen molar-refractivity contribution in [2.24, 2.45) is 0 Å². The van der Waals surface area contributed by atoms with Gasteiger partial charge in [0, 0.05) is 5.56 Å². The van der Waals surface area contributed by atoms with Crippen molar-refractivity contribution in [2.45, 2.75) is 31.6 Å². The van der Waals surface area contributed by atoms with Crippen LogP contribution < -0.4 is 10.2 Å². The van der Waals surface area contributed by atoms with Gasteiger partial charge in [0.15, 0.2) is 0 Å². The first-order valence-electron chi connectivity index (χ1n) is 7.58. The van der Waals surface area contributed by atoms with E-state index in [1.165, 1.54) is 31.2 Å². The Morgan fingerprint density at radius 2 is 1.50 bits per heavy atom. The molecule has 0 radical (unpaired) electrons. The summed E-state index contributed by atoms with van der Waals surface area (Å²) in [7, 11) is 0. The van der Waals surface area contributed by atoms with E-state index in [-0.39, 0.29) is 0 Å². The molecule has 0 aliphatic heterocycles. The highest BCUT2D eigenvalue weighted by atomic mass is 16.5. The van der Waals surface area contributed by atoms with Crippen molar-refractivity contribution in [1.29, 1.82) is 0 Å². The predicted molar refractivity (Wildman–Crippen MR) is 83.4 cm³/mol. The molecule has 0 bridgehead atoms. The summed E-state index contributed by atoms with van der Waals surface area (Å²) in [5, 5.41) is 8.58. The van der Waals surface area contributed by atoms with E-state index < -0.39 is 5.91 Å². The van der Waals surface area contributed by atoms with Gasteiger partial charge in [-0.15, -0.1) is 0 Å². The zero-order chi connectivity index (χ0) is 15.4. The number of nitrogens with one attached hydrogen (secondary N) is 1. The third kappa shape index (κ3) is 3.28. The minimum absolute atomic E-state index is 0.381. The van der Waals surface area contributed by atoms with Crippen LogP contribution in [0, 0.1) is 0 Å². The van der Waals surface area contributed by atoms with Gasteiger partial charge in [0.2, 0.25) is 0 Å². The highest BCUT2D eigenvalue weighted by molar-refractivity contribution is 5.93. The van der Waals surface area contributed by atoms with Crippen molar-refractivity contribution in [3.8, 4) is 11.5 Å². The van der Waals surface area contributed by atoms with Crippen LogP contribution in [0.15, 0.2) is 48.5 Å². The standard InChI is InChI=1S/C18H19NO3/c20-18(19-21)15-7-11-17(12-8-15)22-16-9-5-14(6-10-16)13-3-1-2-4-13/h5-13,21H,1-4H2,(H,19,20). The van der Waals surface area contributed by atoms with E-state index >= 15 is 0 Å². The molecule has 0 spiro atoms. The molecule has 1 fully saturated rings. The number of hydroxylamine groups is 1. The lowest BCUT2D eigenvalue weighted by atomic mass is 9.98. The van der Waals surface area contributed by atoms with Gasteiger partial charge in [-0.3, -0.25) is 10.0 Å². The maximum Gasteiger partial charge on any atom is 0.274 e. The van der Waals surface area contributed by atoms with Crippen LogP contribution in [0.1, 0.15) is 47.5 Å². The highest BCUT2D eigenvalue weighted by Gasteiger charge is 2.16. The molecule has 0 heterocycles. The molecule has 2 N–H and O–H groups in total. The maximum atomic E-state index is 11.2. The quantitative estimate of drug-likeness (QED) is 0.655. The summed E-state index contributed by atoms with van der Waals surface area (Å²) in [4.78, 5) is 11.2. The Bertz CT molecular complexity index is 628. The summed E-state index contributed by atoms with van der Waals surface area (Å²) in [6, 6.07) is 14.9. The van der Waals surface area contributed by atoms with Crippen molar-refractivity contribution in [3.63, 3.8) is 0 Å². The van der Waals surface area contributed by atoms with Gasteiger partial charge in [0.05, 0.1) is 0 Å². The first-order chi connectivity index (χ1) is 10.8. The van der Waals surface area contributed by atoms with Crippen LogP contribution in [0.2, 0.25) is 0 Å². The van der Waals surface area contributed by atoms with Crippen LogP contribution in [-0.4, -0.2) is 11.1 Å². The van der Waals surface area contributed by atoms with E-state index in [2.05, 4.69) is 12.1 Å². The number of hydrogen-bond donors (Lipinski definition) is 2. The molecular formula is C18H19NO3. The topological polar surface area (TPSA) is 58.6 Å². The molecule has 3 rings (SSSR count). The Balaban J connectivity index is 1.66. The molecule has 22 heavy (non-hydrogen) atoms. The second kappa shape index (κ2) is 6.62. The molecule has 0 atom stereocenters. The summed E-state index contributed by atoms with van der Waals surface area (Å²) in [5.74, 6) is 1.60. The lowest BCUT2D eigenvalue weighted by Gasteiger charge is -2.11. The summed E-state index contributed by atoms with van der Waals surface area (Å²) in [6.45, 7) is 0. The van der Waals surface area contributed by atoms with Crippen LogP contribution in [-0.2, 0) is 0 Å².